The molecule has 17 heavy (non-hydrogen) atoms. The Morgan fingerprint density at radius 3 is 3.00 bits per heavy atom. The number of nitrogens with zero attached hydrogens (tertiary/aromatic N) is 1. The van der Waals surface area contributed by atoms with Gasteiger partial charge < -0.3 is 5.32 Å². The normalized spacial score (nSPS) is 10.1. The molecule has 2 heterocycles. The number of thiophene rings is 1. The number of rotatable bonds is 5. The van der Waals surface area contributed by atoms with Crippen molar-refractivity contribution in [3.63, 3.8) is 0 Å². The van der Waals surface area contributed by atoms with Gasteiger partial charge in [-0.25, -0.2) is 0 Å². The Hall–Kier alpha value is -1.68. The van der Waals surface area contributed by atoms with Crippen LogP contribution in [0, 0.1) is 0 Å². The zero-order valence-corrected chi connectivity index (χ0v) is 10.2. The van der Waals surface area contributed by atoms with E-state index in [1.165, 1.54) is 0 Å². The highest BCUT2D eigenvalue weighted by molar-refractivity contribution is 7.07. The molecule has 0 aliphatic carbocycles. The van der Waals surface area contributed by atoms with Crippen molar-refractivity contribution in [2.75, 3.05) is 6.54 Å². The Kier molecular flexibility index (Phi) is 4.27. The molecule has 4 heteroatoms. The van der Waals surface area contributed by atoms with Gasteiger partial charge >= 0.3 is 0 Å². The molecule has 2 aromatic rings. The van der Waals surface area contributed by atoms with Crippen LogP contribution in [-0.2, 0) is 17.6 Å². The summed E-state index contributed by atoms with van der Waals surface area (Å²) >= 11 is 1.61. The zero-order valence-electron chi connectivity index (χ0n) is 9.43. The highest BCUT2D eigenvalue weighted by Crippen LogP contribution is 2.06. The molecule has 2 aromatic heterocycles. The van der Waals surface area contributed by atoms with E-state index in [2.05, 4.69) is 10.3 Å². The predicted octanol–water partition coefficient (Wildman–Crippen LogP) is 2.04. The quantitative estimate of drug-likeness (QED) is 0.877. The summed E-state index contributed by atoms with van der Waals surface area (Å²) in [6, 6.07) is 7.78. The summed E-state index contributed by atoms with van der Waals surface area (Å²) in [5.74, 6) is 0.0688. The number of nitrogens with one attached hydrogen (secondary N) is 1. The van der Waals surface area contributed by atoms with Gasteiger partial charge in [0, 0.05) is 24.9 Å². The van der Waals surface area contributed by atoms with Crippen LogP contribution < -0.4 is 5.32 Å². The smallest absolute Gasteiger partial charge is 0.224 e. The lowest BCUT2D eigenvalue weighted by Gasteiger charge is -2.03. The molecule has 0 saturated heterocycles. The summed E-state index contributed by atoms with van der Waals surface area (Å²) in [5, 5.41) is 6.88. The molecule has 0 fully saturated rings. The molecular weight excluding hydrogens is 232 g/mol. The van der Waals surface area contributed by atoms with Crippen LogP contribution in [0.2, 0.25) is 0 Å². The summed E-state index contributed by atoms with van der Waals surface area (Å²) in [6.45, 7) is 0.639. The van der Waals surface area contributed by atoms with Crippen molar-refractivity contribution in [2.45, 2.75) is 12.8 Å². The first-order chi connectivity index (χ1) is 8.34. The van der Waals surface area contributed by atoms with Gasteiger partial charge in [-0.1, -0.05) is 6.07 Å². The van der Waals surface area contributed by atoms with Gasteiger partial charge in [-0.3, -0.25) is 9.78 Å². The number of aromatic nitrogens is 1. The molecule has 0 radical (unpaired) electrons. The van der Waals surface area contributed by atoms with Gasteiger partial charge in [0.05, 0.1) is 6.42 Å². The van der Waals surface area contributed by atoms with Crippen molar-refractivity contribution < 1.29 is 4.79 Å². The third-order valence-electron chi connectivity index (χ3n) is 2.37. The average molecular weight is 246 g/mol. The maximum absolute atomic E-state index is 11.6. The second-order valence-corrected chi connectivity index (χ2v) is 4.51. The fourth-order valence-electron chi connectivity index (χ4n) is 1.52. The van der Waals surface area contributed by atoms with E-state index in [0.717, 1.165) is 17.7 Å². The molecule has 2 rings (SSSR count). The van der Waals surface area contributed by atoms with Gasteiger partial charge in [-0.2, -0.15) is 11.3 Å². The number of pyridine rings is 1. The lowest BCUT2D eigenvalue weighted by Crippen LogP contribution is -2.27. The maximum atomic E-state index is 11.6. The minimum Gasteiger partial charge on any atom is -0.355 e. The lowest BCUT2D eigenvalue weighted by molar-refractivity contribution is -0.120. The SMILES string of the molecule is O=C(Cc1ccsc1)NCCc1ccccn1. The minimum absolute atomic E-state index is 0.0688. The largest absolute Gasteiger partial charge is 0.355 e. The predicted molar refractivity (Wildman–Crippen MR) is 69.0 cm³/mol. The van der Waals surface area contributed by atoms with Gasteiger partial charge in [-0.05, 0) is 34.5 Å². The Labute approximate surface area is 105 Å². The molecule has 0 saturated carbocycles. The van der Waals surface area contributed by atoms with E-state index in [9.17, 15) is 4.79 Å². The zero-order chi connectivity index (χ0) is 11.9. The Morgan fingerprint density at radius 1 is 1.35 bits per heavy atom. The summed E-state index contributed by atoms with van der Waals surface area (Å²) in [7, 11) is 0. The Balaban J connectivity index is 1.70. The van der Waals surface area contributed by atoms with Gasteiger partial charge in [0.2, 0.25) is 5.91 Å². The van der Waals surface area contributed by atoms with Crippen molar-refractivity contribution in [1.29, 1.82) is 0 Å². The third-order valence-corrected chi connectivity index (χ3v) is 3.11. The fraction of sp³-hybridized carbons (Fsp3) is 0.231. The van der Waals surface area contributed by atoms with E-state index >= 15 is 0 Å². The summed E-state index contributed by atoms with van der Waals surface area (Å²) in [5.41, 5.74) is 2.08. The third kappa shape index (κ3) is 4.00. The van der Waals surface area contributed by atoms with E-state index in [1.54, 1.807) is 17.5 Å². The van der Waals surface area contributed by atoms with E-state index < -0.39 is 0 Å². The Bertz CT molecular complexity index is 454. The molecule has 1 N–H and O–H groups in total. The van der Waals surface area contributed by atoms with E-state index in [0.29, 0.717) is 13.0 Å². The topological polar surface area (TPSA) is 42.0 Å². The number of carbonyl (C=O) groups excluding carboxylic acids is 1. The second-order valence-electron chi connectivity index (χ2n) is 3.73. The monoisotopic (exact) mass is 246 g/mol. The molecule has 1 amide bonds. The number of hydrogen-bond acceptors (Lipinski definition) is 3. The molecular formula is C13H14N2OS. The first-order valence-electron chi connectivity index (χ1n) is 5.52. The maximum Gasteiger partial charge on any atom is 0.224 e. The molecule has 0 unspecified atom stereocenters. The van der Waals surface area contributed by atoms with Crippen LogP contribution in [-0.4, -0.2) is 17.4 Å². The first kappa shape index (κ1) is 11.8. The highest BCUT2D eigenvalue weighted by atomic mass is 32.1. The van der Waals surface area contributed by atoms with Crippen LogP contribution in [0.25, 0.3) is 0 Å². The van der Waals surface area contributed by atoms with Gasteiger partial charge in [0.15, 0.2) is 0 Å². The number of carbonyl (C=O) groups is 1. The van der Waals surface area contributed by atoms with Crippen LogP contribution in [0.4, 0.5) is 0 Å². The molecule has 88 valence electrons. The lowest BCUT2D eigenvalue weighted by atomic mass is 10.2. The summed E-state index contributed by atoms with van der Waals surface area (Å²) in [4.78, 5) is 15.8. The molecule has 3 nitrogen and oxygen atoms in total. The van der Waals surface area contributed by atoms with Crippen LogP contribution in [0.3, 0.4) is 0 Å². The summed E-state index contributed by atoms with van der Waals surface area (Å²) < 4.78 is 0. The average Bonchev–Trinajstić information content (AvgIpc) is 2.83. The fourth-order valence-corrected chi connectivity index (χ4v) is 2.19. The van der Waals surface area contributed by atoms with Crippen molar-refractivity contribution in [3.8, 4) is 0 Å². The van der Waals surface area contributed by atoms with Crippen molar-refractivity contribution in [3.05, 3.63) is 52.5 Å². The first-order valence-corrected chi connectivity index (χ1v) is 6.46. The van der Waals surface area contributed by atoms with Gasteiger partial charge in [0.25, 0.3) is 0 Å². The van der Waals surface area contributed by atoms with Crippen molar-refractivity contribution >= 4 is 17.2 Å². The van der Waals surface area contributed by atoms with Gasteiger partial charge in [0.1, 0.15) is 0 Å². The van der Waals surface area contributed by atoms with E-state index in [-0.39, 0.29) is 5.91 Å². The molecule has 0 aliphatic heterocycles. The van der Waals surface area contributed by atoms with Crippen molar-refractivity contribution in [1.82, 2.24) is 10.3 Å². The van der Waals surface area contributed by atoms with Gasteiger partial charge in [-0.15, -0.1) is 0 Å². The standard InChI is InChI=1S/C13H14N2OS/c16-13(9-11-5-8-17-10-11)15-7-4-12-3-1-2-6-14-12/h1-3,5-6,8,10H,4,7,9H2,(H,15,16). The van der Waals surface area contributed by atoms with Crippen LogP contribution in [0.15, 0.2) is 41.2 Å². The molecule has 0 aromatic carbocycles. The number of amides is 1. The van der Waals surface area contributed by atoms with Crippen LogP contribution in [0.1, 0.15) is 11.3 Å². The van der Waals surface area contributed by atoms with Crippen LogP contribution >= 0.6 is 11.3 Å². The number of hydrogen-bond donors (Lipinski definition) is 1. The highest BCUT2D eigenvalue weighted by Gasteiger charge is 2.03. The summed E-state index contributed by atoms with van der Waals surface area (Å²) in [6.07, 6.45) is 3.00. The molecule has 0 bridgehead atoms. The Morgan fingerprint density at radius 2 is 2.29 bits per heavy atom. The molecule has 0 spiro atoms. The second kappa shape index (κ2) is 6.15. The van der Waals surface area contributed by atoms with E-state index in [4.69, 9.17) is 0 Å². The van der Waals surface area contributed by atoms with E-state index in [1.807, 2.05) is 35.0 Å². The molecule has 0 aliphatic rings. The van der Waals surface area contributed by atoms with Crippen molar-refractivity contribution in [2.24, 2.45) is 0 Å². The van der Waals surface area contributed by atoms with Crippen LogP contribution in [0.5, 0.6) is 0 Å². The minimum atomic E-state index is 0.0688. The molecule has 0 atom stereocenters.